The normalized spacial score (nSPS) is 12.4. The summed E-state index contributed by atoms with van der Waals surface area (Å²) in [5.41, 5.74) is 1.76. The molecule has 33 heavy (non-hydrogen) atoms. The maximum atomic E-state index is 13.4. The van der Waals surface area contributed by atoms with Crippen molar-refractivity contribution in [2.75, 3.05) is 17.1 Å². The van der Waals surface area contributed by atoms with Crippen LogP contribution in [0.3, 0.4) is 0 Å². The van der Waals surface area contributed by atoms with Crippen LogP contribution in [0.5, 0.6) is 0 Å². The molecule has 0 fully saturated rings. The van der Waals surface area contributed by atoms with Crippen LogP contribution in [-0.4, -0.2) is 50.0 Å². The van der Waals surface area contributed by atoms with Gasteiger partial charge in [-0.15, -0.1) is 0 Å². The van der Waals surface area contributed by atoms with Gasteiger partial charge in [-0.25, -0.2) is 12.8 Å². The van der Waals surface area contributed by atoms with Crippen LogP contribution in [0.4, 0.5) is 10.1 Å². The average molecular weight is 542 g/mol. The Morgan fingerprint density at radius 3 is 2.21 bits per heavy atom. The number of nitrogens with zero attached hydrogens (tertiary/aromatic N) is 2. The van der Waals surface area contributed by atoms with E-state index in [0.29, 0.717) is 11.3 Å². The Morgan fingerprint density at radius 1 is 1.09 bits per heavy atom. The lowest BCUT2D eigenvalue weighted by atomic mass is 10.1. The first-order chi connectivity index (χ1) is 15.3. The summed E-state index contributed by atoms with van der Waals surface area (Å²) in [6.07, 6.45) is 1.02. The highest BCUT2D eigenvalue weighted by molar-refractivity contribution is 9.10. The van der Waals surface area contributed by atoms with Crippen molar-refractivity contribution in [3.63, 3.8) is 0 Å². The lowest BCUT2D eigenvalue weighted by Gasteiger charge is -2.32. The summed E-state index contributed by atoms with van der Waals surface area (Å²) in [4.78, 5) is 27.4. The topological polar surface area (TPSA) is 86.8 Å². The van der Waals surface area contributed by atoms with Gasteiger partial charge in [0, 0.05) is 17.1 Å². The SMILES string of the molecule is Cc1cc(N(CC(=O)N(Cc2ccc(F)cc2)C(C)C(=O)NC(C)C)S(C)(=O)=O)ccc1Br. The van der Waals surface area contributed by atoms with Crippen LogP contribution in [0.25, 0.3) is 0 Å². The predicted molar refractivity (Wildman–Crippen MR) is 131 cm³/mol. The number of halogens is 2. The predicted octanol–water partition coefficient (Wildman–Crippen LogP) is 3.60. The van der Waals surface area contributed by atoms with Crippen LogP contribution in [0.15, 0.2) is 46.9 Å². The smallest absolute Gasteiger partial charge is 0.244 e. The van der Waals surface area contributed by atoms with E-state index < -0.39 is 34.3 Å². The minimum Gasteiger partial charge on any atom is -0.352 e. The molecule has 10 heteroatoms. The van der Waals surface area contributed by atoms with E-state index in [-0.39, 0.29) is 18.5 Å². The van der Waals surface area contributed by atoms with Crippen LogP contribution in [-0.2, 0) is 26.2 Å². The standard InChI is InChI=1S/C23H29BrFN3O4S/c1-15(2)26-23(30)17(4)27(13-18-6-8-19(25)9-7-18)22(29)14-28(33(5,31)32)20-10-11-21(24)16(3)12-20/h6-12,15,17H,13-14H2,1-5H3,(H,26,30). The van der Waals surface area contributed by atoms with Crippen molar-refractivity contribution in [1.82, 2.24) is 10.2 Å². The molecule has 0 heterocycles. The minimum atomic E-state index is -3.80. The molecule has 7 nitrogen and oxygen atoms in total. The molecule has 2 amide bonds. The van der Waals surface area contributed by atoms with Gasteiger partial charge in [-0.2, -0.15) is 0 Å². The second-order valence-electron chi connectivity index (χ2n) is 8.19. The van der Waals surface area contributed by atoms with Crippen molar-refractivity contribution in [2.45, 2.75) is 46.3 Å². The summed E-state index contributed by atoms with van der Waals surface area (Å²) < 4.78 is 40.3. The Morgan fingerprint density at radius 2 is 1.70 bits per heavy atom. The molecule has 0 radical (unpaired) electrons. The Balaban J connectivity index is 2.40. The van der Waals surface area contributed by atoms with E-state index in [9.17, 15) is 22.4 Å². The lowest BCUT2D eigenvalue weighted by Crippen LogP contribution is -2.52. The number of sulfonamides is 1. The number of carbonyl (C=O) groups is 2. The van der Waals surface area contributed by atoms with Crippen molar-refractivity contribution < 1.29 is 22.4 Å². The van der Waals surface area contributed by atoms with Gasteiger partial charge < -0.3 is 10.2 Å². The summed E-state index contributed by atoms with van der Waals surface area (Å²) in [5.74, 6) is -1.35. The van der Waals surface area contributed by atoms with Crippen LogP contribution in [0, 0.1) is 12.7 Å². The molecule has 0 saturated carbocycles. The first-order valence-electron chi connectivity index (χ1n) is 10.4. The second kappa shape index (κ2) is 11.1. The lowest BCUT2D eigenvalue weighted by molar-refractivity contribution is -0.139. The molecular formula is C23H29BrFN3O4S. The molecule has 1 unspecified atom stereocenters. The van der Waals surface area contributed by atoms with E-state index in [1.165, 1.54) is 29.2 Å². The molecule has 1 N–H and O–H groups in total. The zero-order valence-electron chi connectivity index (χ0n) is 19.3. The fourth-order valence-electron chi connectivity index (χ4n) is 3.17. The number of aryl methyl sites for hydroxylation is 1. The third-order valence-electron chi connectivity index (χ3n) is 4.97. The molecular weight excluding hydrogens is 513 g/mol. The molecule has 2 aromatic rings. The molecule has 2 rings (SSSR count). The average Bonchev–Trinajstić information content (AvgIpc) is 2.71. The summed E-state index contributed by atoms with van der Waals surface area (Å²) in [7, 11) is -3.80. The second-order valence-corrected chi connectivity index (χ2v) is 11.0. The number of nitrogens with one attached hydrogen (secondary N) is 1. The molecule has 0 spiro atoms. The van der Waals surface area contributed by atoms with E-state index >= 15 is 0 Å². The number of hydrogen-bond donors (Lipinski definition) is 1. The Labute approximate surface area is 203 Å². The summed E-state index contributed by atoms with van der Waals surface area (Å²) in [6.45, 7) is 6.53. The third kappa shape index (κ3) is 7.53. The molecule has 0 bridgehead atoms. The molecule has 180 valence electrons. The zero-order valence-corrected chi connectivity index (χ0v) is 21.7. The number of amides is 2. The molecule has 1 atom stereocenters. The van der Waals surface area contributed by atoms with E-state index in [1.54, 1.807) is 39.0 Å². The van der Waals surface area contributed by atoms with Gasteiger partial charge in [0.2, 0.25) is 21.8 Å². The first-order valence-corrected chi connectivity index (χ1v) is 13.0. The Hall–Kier alpha value is -2.46. The van der Waals surface area contributed by atoms with Gasteiger partial charge in [-0.3, -0.25) is 13.9 Å². The van der Waals surface area contributed by atoms with Gasteiger partial charge in [0.1, 0.15) is 18.4 Å². The fourth-order valence-corrected chi connectivity index (χ4v) is 4.26. The van der Waals surface area contributed by atoms with Crippen LogP contribution >= 0.6 is 15.9 Å². The van der Waals surface area contributed by atoms with Gasteiger partial charge in [0.25, 0.3) is 0 Å². The monoisotopic (exact) mass is 541 g/mol. The van der Waals surface area contributed by atoms with Gasteiger partial charge in [-0.05, 0) is 69.2 Å². The summed E-state index contributed by atoms with van der Waals surface area (Å²) in [6, 6.07) is 9.54. The Bertz CT molecular complexity index is 1110. The number of benzene rings is 2. The van der Waals surface area contributed by atoms with Gasteiger partial charge >= 0.3 is 0 Å². The first kappa shape index (κ1) is 26.8. The highest BCUT2D eigenvalue weighted by atomic mass is 79.9. The molecule has 0 aliphatic carbocycles. The molecule has 2 aromatic carbocycles. The maximum Gasteiger partial charge on any atom is 0.244 e. The number of rotatable bonds is 9. The van der Waals surface area contributed by atoms with E-state index in [2.05, 4.69) is 21.2 Å². The molecule has 0 aliphatic heterocycles. The summed E-state index contributed by atoms with van der Waals surface area (Å²) >= 11 is 3.39. The van der Waals surface area contributed by atoms with Crippen LogP contribution < -0.4 is 9.62 Å². The van der Waals surface area contributed by atoms with Crippen molar-refractivity contribution >= 4 is 43.5 Å². The number of hydrogen-bond acceptors (Lipinski definition) is 4. The van der Waals surface area contributed by atoms with Gasteiger partial charge in [0.15, 0.2) is 0 Å². The van der Waals surface area contributed by atoms with Crippen LogP contribution in [0.2, 0.25) is 0 Å². The number of carbonyl (C=O) groups excluding carboxylic acids is 2. The van der Waals surface area contributed by atoms with Crippen molar-refractivity contribution in [3.8, 4) is 0 Å². The largest absolute Gasteiger partial charge is 0.352 e. The van der Waals surface area contributed by atoms with Gasteiger partial charge in [-0.1, -0.05) is 28.1 Å². The van der Waals surface area contributed by atoms with Crippen molar-refractivity contribution in [1.29, 1.82) is 0 Å². The summed E-state index contributed by atoms with van der Waals surface area (Å²) in [5, 5.41) is 2.77. The van der Waals surface area contributed by atoms with E-state index in [0.717, 1.165) is 20.6 Å². The quantitative estimate of drug-likeness (QED) is 0.525. The molecule has 0 aromatic heterocycles. The van der Waals surface area contributed by atoms with E-state index in [1.807, 2.05) is 6.92 Å². The molecule has 0 aliphatic rings. The maximum absolute atomic E-state index is 13.4. The highest BCUT2D eigenvalue weighted by Crippen LogP contribution is 2.25. The minimum absolute atomic E-state index is 0.0166. The number of anilines is 1. The highest BCUT2D eigenvalue weighted by Gasteiger charge is 2.30. The third-order valence-corrected chi connectivity index (χ3v) is 7.00. The van der Waals surface area contributed by atoms with Crippen LogP contribution in [0.1, 0.15) is 31.9 Å². The Kier molecular flexibility index (Phi) is 9.02. The van der Waals surface area contributed by atoms with E-state index in [4.69, 9.17) is 0 Å². The fraction of sp³-hybridized carbons (Fsp3) is 0.391. The zero-order chi connectivity index (χ0) is 24.9. The van der Waals surface area contributed by atoms with Gasteiger partial charge in [0.05, 0.1) is 11.9 Å². The molecule has 0 saturated heterocycles. The van der Waals surface area contributed by atoms with Crippen molar-refractivity contribution in [3.05, 3.63) is 63.9 Å². The van der Waals surface area contributed by atoms with Crippen molar-refractivity contribution in [2.24, 2.45) is 0 Å².